The molecule has 42 heavy (non-hydrogen) atoms. The first kappa shape index (κ1) is 31.2. The summed E-state index contributed by atoms with van der Waals surface area (Å²) in [4.78, 5) is 27.4. The van der Waals surface area contributed by atoms with Crippen molar-refractivity contribution in [1.29, 1.82) is 0 Å². The summed E-state index contributed by atoms with van der Waals surface area (Å²) in [5.74, 6) is 1.34. The minimum absolute atomic E-state index is 0. The fraction of sp³-hybridized carbons (Fsp3) is 0.469. The second-order valence-electron chi connectivity index (χ2n) is 11.9. The maximum absolute atomic E-state index is 12.9. The zero-order valence-electron chi connectivity index (χ0n) is 24.6. The van der Waals surface area contributed by atoms with Crippen LogP contribution in [0.4, 0.5) is 0 Å². The third kappa shape index (κ3) is 7.37. The molecule has 0 aromatic heterocycles. The van der Waals surface area contributed by atoms with E-state index in [2.05, 4.69) is 18.7 Å². The molecule has 9 nitrogen and oxygen atoms in total. The molecule has 4 N–H and O–H groups in total. The topological polar surface area (TPSA) is 120 Å². The summed E-state index contributed by atoms with van der Waals surface area (Å²) >= 11 is 0. The Bertz CT molecular complexity index is 1370. The van der Waals surface area contributed by atoms with Crippen LogP contribution in [0.2, 0.25) is 0 Å². The number of ether oxygens (including phenoxy) is 3. The highest BCUT2D eigenvalue weighted by molar-refractivity contribution is 5.91. The number of guanidine groups is 1. The molecule has 0 spiro atoms. The quantitative estimate of drug-likeness (QED) is 0.256. The number of esters is 1. The van der Waals surface area contributed by atoms with E-state index in [4.69, 9.17) is 25.7 Å². The zero-order chi connectivity index (χ0) is 29.1. The number of rotatable bonds is 8. The molecule has 2 aromatic carbocycles. The SMILES string of the molecule is CCOC(=O)C(Oc1ccc2c(c1)C[N+](=C(N)N)CC2)c1ccc(O[C@H]2CCN(C3=CC(=O)CC(C)(C)C3)C2)cc1.[Cl-]. The fourth-order valence-electron chi connectivity index (χ4n) is 5.95. The van der Waals surface area contributed by atoms with Gasteiger partial charge in [-0.05, 0) is 54.2 Å². The molecule has 1 fully saturated rings. The van der Waals surface area contributed by atoms with E-state index in [9.17, 15) is 9.59 Å². The van der Waals surface area contributed by atoms with Crippen LogP contribution < -0.4 is 33.3 Å². The summed E-state index contributed by atoms with van der Waals surface area (Å²) in [6.07, 6.45) is 4.12. The molecule has 0 saturated carbocycles. The lowest BCUT2D eigenvalue weighted by Gasteiger charge is -2.33. The molecule has 1 unspecified atom stereocenters. The van der Waals surface area contributed by atoms with Crippen molar-refractivity contribution in [3.8, 4) is 11.5 Å². The highest BCUT2D eigenvalue weighted by Crippen LogP contribution is 2.36. The van der Waals surface area contributed by atoms with E-state index in [0.717, 1.165) is 55.9 Å². The average molecular weight is 597 g/mol. The van der Waals surface area contributed by atoms with Gasteiger partial charge in [-0.2, -0.15) is 0 Å². The zero-order valence-corrected chi connectivity index (χ0v) is 25.4. The van der Waals surface area contributed by atoms with E-state index in [0.29, 0.717) is 30.2 Å². The van der Waals surface area contributed by atoms with Crippen LogP contribution in [-0.2, 0) is 27.3 Å². The van der Waals surface area contributed by atoms with Gasteiger partial charge in [0.15, 0.2) is 5.78 Å². The van der Waals surface area contributed by atoms with Crippen molar-refractivity contribution in [1.82, 2.24) is 4.90 Å². The monoisotopic (exact) mass is 596 g/mol. The van der Waals surface area contributed by atoms with E-state index >= 15 is 0 Å². The molecule has 1 saturated heterocycles. The Morgan fingerprint density at radius 3 is 2.52 bits per heavy atom. The number of carbonyl (C=O) groups is 2. The number of nitrogens with zero attached hydrogens (tertiary/aromatic N) is 2. The van der Waals surface area contributed by atoms with E-state index in [1.807, 2.05) is 53.1 Å². The van der Waals surface area contributed by atoms with Crippen LogP contribution in [0.5, 0.6) is 11.5 Å². The molecule has 2 aliphatic heterocycles. The normalized spacial score (nSPS) is 20.1. The van der Waals surface area contributed by atoms with Crippen molar-refractivity contribution in [2.75, 3.05) is 26.2 Å². The van der Waals surface area contributed by atoms with Crippen molar-refractivity contribution >= 4 is 17.7 Å². The standard InChI is InChI=1S/C32H40N4O5.ClH/c1-4-39-30(38)29(41-27-10-5-21-11-13-36(31(33)34)19-23(21)15-27)22-6-8-26(9-7-22)40-28-12-14-35(20-28)24-16-25(37)18-32(2,3)17-24;/h5-10,15-16,28-29H,4,11-14,17-20H2,1-3H3,(H3,33,34);1H/t28-,29?;/m0./s1. The van der Waals surface area contributed by atoms with E-state index < -0.39 is 12.1 Å². The smallest absolute Gasteiger partial charge is 0.352 e. The molecular formula is C32H41ClN4O5. The Morgan fingerprint density at radius 1 is 1.10 bits per heavy atom. The number of likely N-dealkylation sites (tertiary alicyclic amines) is 1. The Balaban J connectivity index is 0.00000405. The molecule has 2 aromatic rings. The lowest BCUT2D eigenvalue weighted by molar-refractivity contribution is -0.549. The number of hydrogen-bond donors (Lipinski definition) is 2. The largest absolute Gasteiger partial charge is 1.00 e. The molecule has 1 aliphatic carbocycles. The molecule has 0 radical (unpaired) electrons. The first-order chi connectivity index (χ1) is 19.6. The second-order valence-corrected chi connectivity index (χ2v) is 11.9. The van der Waals surface area contributed by atoms with Gasteiger partial charge in [-0.1, -0.05) is 32.0 Å². The minimum Gasteiger partial charge on any atom is -1.00 e. The number of ketones is 1. The number of nitrogens with two attached hydrogens (primary N) is 2. The summed E-state index contributed by atoms with van der Waals surface area (Å²) in [6.45, 7) is 9.29. The van der Waals surface area contributed by atoms with Gasteiger partial charge < -0.3 is 31.5 Å². The molecule has 226 valence electrons. The number of benzene rings is 2. The highest BCUT2D eigenvalue weighted by atomic mass is 35.5. The molecular weight excluding hydrogens is 556 g/mol. The van der Waals surface area contributed by atoms with Gasteiger partial charge >= 0.3 is 11.9 Å². The van der Waals surface area contributed by atoms with Gasteiger partial charge in [-0.25, -0.2) is 4.79 Å². The van der Waals surface area contributed by atoms with Crippen LogP contribution in [0.25, 0.3) is 0 Å². The maximum Gasteiger partial charge on any atom is 0.352 e. The van der Waals surface area contributed by atoms with E-state index in [-0.39, 0.29) is 36.3 Å². The van der Waals surface area contributed by atoms with Crippen LogP contribution in [0.15, 0.2) is 54.2 Å². The Hall–Kier alpha value is -3.72. The summed E-state index contributed by atoms with van der Waals surface area (Å²) in [6, 6.07) is 13.3. The second kappa shape index (κ2) is 13.1. The number of hydrogen-bond acceptors (Lipinski definition) is 6. The van der Waals surface area contributed by atoms with Crippen LogP contribution in [0.3, 0.4) is 0 Å². The van der Waals surface area contributed by atoms with Crippen LogP contribution >= 0.6 is 0 Å². The van der Waals surface area contributed by atoms with Gasteiger partial charge in [-0.15, -0.1) is 0 Å². The third-order valence-corrected chi connectivity index (χ3v) is 7.99. The summed E-state index contributed by atoms with van der Waals surface area (Å²) in [5.41, 5.74) is 15.7. The van der Waals surface area contributed by atoms with Crippen molar-refractivity contribution < 1.29 is 40.8 Å². The van der Waals surface area contributed by atoms with Crippen molar-refractivity contribution in [2.24, 2.45) is 16.9 Å². The highest BCUT2D eigenvalue weighted by Gasteiger charge is 2.33. The first-order valence-corrected chi connectivity index (χ1v) is 14.4. The molecule has 0 bridgehead atoms. The number of carbonyl (C=O) groups excluding carboxylic acids is 2. The molecule has 3 aliphatic rings. The number of allylic oxidation sites excluding steroid dienone is 2. The molecule has 2 atom stereocenters. The predicted molar refractivity (Wildman–Crippen MR) is 156 cm³/mol. The third-order valence-electron chi connectivity index (χ3n) is 7.99. The van der Waals surface area contributed by atoms with Crippen molar-refractivity contribution in [2.45, 2.75) is 65.2 Å². The Kier molecular flexibility index (Phi) is 9.71. The van der Waals surface area contributed by atoms with E-state index in [1.165, 1.54) is 5.56 Å². The fourth-order valence-corrected chi connectivity index (χ4v) is 5.95. The van der Waals surface area contributed by atoms with Crippen LogP contribution in [0, 0.1) is 5.41 Å². The van der Waals surface area contributed by atoms with Crippen molar-refractivity contribution in [3.63, 3.8) is 0 Å². The van der Waals surface area contributed by atoms with Crippen LogP contribution in [-0.4, -0.2) is 59.5 Å². The van der Waals surface area contributed by atoms with Gasteiger partial charge in [-0.3, -0.25) is 20.8 Å². The molecule has 0 amide bonds. The molecule has 2 heterocycles. The molecule has 10 heteroatoms. The van der Waals surface area contributed by atoms with Gasteiger partial charge in [0.2, 0.25) is 6.10 Å². The lowest BCUT2D eigenvalue weighted by atomic mass is 9.78. The Labute approximate surface area is 253 Å². The van der Waals surface area contributed by atoms with E-state index in [1.54, 1.807) is 6.92 Å². The van der Waals surface area contributed by atoms with Gasteiger partial charge in [0.25, 0.3) is 0 Å². The summed E-state index contributed by atoms with van der Waals surface area (Å²) < 4.78 is 19.8. The van der Waals surface area contributed by atoms with Crippen LogP contribution in [0.1, 0.15) is 62.8 Å². The Morgan fingerprint density at radius 2 is 1.83 bits per heavy atom. The predicted octanol–water partition coefficient (Wildman–Crippen LogP) is 0.442. The summed E-state index contributed by atoms with van der Waals surface area (Å²) in [7, 11) is 0. The first-order valence-electron chi connectivity index (χ1n) is 14.4. The molecule has 5 rings (SSSR count). The van der Waals surface area contributed by atoms with Crippen molar-refractivity contribution in [3.05, 3.63) is 70.9 Å². The van der Waals surface area contributed by atoms with Gasteiger partial charge in [0, 0.05) is 43.1 Å². The summed E-state index contributed by atoms with van der Waals surface area (Å²) in [5, 5.41) is 0. The number of fused-ring (bicyclic) bond motifs is 1. The number of halogens is 1. The average Bonchev–Trinajstić information content (AvgIpc) is 3.39. The lowest BCUT2D eigenvalue weighted by Crippen LogP contribution is -3.00. The maximum atomic E-state index is 12.9. The van der Waals surface area contributed by atoms with Gasteiger partial charge in [0.05, 0.1) is 26.2 Å². The van der Waals surface area contributed by atoms with Gasteiger partial charge in [0.1, 0.15) is 17.6 Å². The minimum atomic E-state index is -0.922.